The van der Waals surface area contributed by atoms with E-state index in [1.54, 1.807) is 6.07 Å². The number of allylic oxidation sites excluding steroid dienone is 6. The Morgan fingerprint density at radius 2 is 2.00 bits per heavy atom. The molecule has 1 aliphatic carbocycles. The lowest BCUT2D eigenvalue weighted by molar-refractivity contribution is 1.11. The quantitative estimate of drug-likeness (QED) is 0.679. The molecule has 0 unspecified atom stereocenters. The van der Waals surface area contributed by atoms with E-state index in [0.29, 0.717) is 10.2 Å². The zero-order chi connectivity index (χ0) is 11.0. The fourth-order valence-electron chi connectivity index (χ4n) is 1.62. The summed E-state index contributed by atoms with van der Waals surface area (Å²) in [5.41, 5.74) is 3.53. The normalized spacial score (nSPS) is 14.7. The monoisotopic (exact) mass is 239 g/mol. The molecule has 0 fully saturated rings. The first kappa shape index (κ1) is 10.6. The molecule has 1 aliphatic rings. The lowest BCUT2D eigenvalue weighted by Crippen LogP contribution is -1.96. The van der Waals surface area contributed by atoms with E-state index in [2.05, 4.69) is 19.9 Å². The molecule has 0 saturated heterocycles. The van der Waals surface area contributed by atoms with E-state index in [-0.39, 0.29) is 0 Å². The van der Waals surface area contributed by atoms with Crippen molar-refractivity contribution in [2.24, 2.45) is 0 Å². The Labute approximate surface area is 99.3 Å². The van der Waals surface area contributed by atoms with Crippen LogP contribution < -0.4 is 0 Å². The Balaban J connectivity index is 2.51. The number of hydrogen-bond donors (Lipinski definition) is 0. The molecule has 2 rings (SSSR count). The Bertz CT molecular complexity index is 486. The van der Waals surface area contributed by atoms with Gasteiger partial charge in [0.2, 0.25) is 0 Å². The maximum absolute atomic E-state index is 6.10. The van der Waals surface area contributed by atoms with Gasteiger partial charge in [0.25, 0.3) is 0 Å². The van der Waals surface area contributed by atoms with Crippen molar-refractivity contribution in [3.63, 3.8) is 0 Å². The number of halogens is 2. The molecule has 1 aromatic heterocycles. The number of rotatable bonds is 1. The molecule has 78 valence electrons. The van der Waals surface area contributed by atoms with Crippen LogP contribution in [0.4, 0.5) is 0 Å². The van der Waals surface area contributed by atoms with Crippen molar-refractivity contribution in [2.45, 2.75) is 13.8 Å². The summed E-state index contributed by atoms with van der Waals surface area (Å²) in [5, 5.41) is 1.14. The maximum Gasteiger partial charge on any atom is 0.132 e. The highest BCUT2D eigenvalue weighted by Gasteiger charge is 2.14. The third kappa shape index (κ3) is 1.77. The molecule has 0 amide bonds. The highest BCUT2D eigenvalue weighted by molar-refractivity contribution is 6.41. The number of hydrogen-bond acceptors (Lipinski definition) is 0. The fraction of sp³-hybridized carbons (Fsp3) is 0.167. The van der Waals surface area contributed by atoms with E-state index in [4.69, 9.17) is 23.2 Å². The minimum Gasteiger partial charge on any atom is -0.306 e. The molecule has 0 N–H and O–H groups in total. The third-order valence-corrected chi connectivity index (χ3v) is 3.16. The minimum atomic E-state index is 0.561. The first-order chi connectivity index (χ1) is 7.11. The average Bonchev–Trinajstić information content (AvgIpc) is 2.75. The molecule has 0 saturated carbocycles. The van der Waals surface area contributed by atoms with E-state index in [1.807, 2.05) is 22.9 Å². The van der Waals surface area contributed by atoms with Crippen molar-refractivity contribution in [3.05, 3.63) is 51.8 Å². The van der Waals surface area contributed by atoms with Crippen molar-refractivity contribution in [1.29, 1.82) is 0 Å². The van der Waals surface area contributed by atoms with Crippen LogP contribution in [0.5, 0.6) is 0 Å². The summed E-state index contributed by atoms with van der Waals surface area (Å²) in [5.74, 6) is 0. The van der Waals surface area contributed by atoms with Gasteiger partial charge in [0, 0.05) is 6.20 Å². The van der Waals surface area contributed by atoms with Crippen LogP contribution in [0.3, 0.4) is 0 Å². The van der Waals surface area contributed by atoms with Crippen molar-refractivity contribution >= 4 is 28.9 Å². The summed E-state index contributed by atoms with van der Waals surface area (Å²) in [4.78, 5) is 0. The highest BCUT2D eigenvalue weighted by Crippen LogP contribution is 2.32. The molecule has 15 heavy (non-hydrogen) atoms. The van der Waals surface area contributed by atoms with E-state index < -0.39 is 0 Å². The zero-order valence-electron chi connectivity index (χ0n) is 8.59. The van der Waals surface area contributed by atoms with Gasteiger partial charge < -0.3 is 4.57 Å². The summed E-state index contributed by atoms with van der Waals surface area (Å²) in [6.45, 7) is 4.16. The van der Waals surface area contributed by atoms with E-state index in [1.165, 1.54) is 11.1 Å². The lowest BCUT2D eigenvalue weighted by Gasteiger charge is -2.10. The Morgan fingerprint density at radius 3 is 2.53 bits per heavy atom. The molecule has 0 aromatic carbocycles. The van der Waals surface area contributed by atoms with Crippen molar-refractivity contribution < 1.29 is 0 Å². The molecule has 1 heterocycles. The molecule has 0 bridgehead atoms. The summed E-state index contributed by atoms with van der Waals surface area (Å²) >= 11 is 12.0. The SMILES string of the molecule is CC(C)=C1C=CC=C1n1ccc(Cl)c1Cl. The van der Waals surface area contributed by atoms with E-state index in [0.717, 1.165) is 5.70 Å². The molecule has 0 atom stereocenters. The van der Waals surface area contributed by atoms with Gasteiger partial charge in [0.05, 0.1) is 10.7 Å². The zero-order valence-corrected chi connectivity index (χ0v) is 10.1. The van der Waals surface area contributed by atoms with Crippen LogP contribution in [-0.2, 0) is 0 Å². The summed E-state index contributed by atoms with van der Waals surface area (Å²) in [6, 6.07) is 1.80. The number of aromatic nitrogens is 1. The summed E-state index contributed by atoms with van der Waals surface area (Å²) < 4.78 is 1.90. The maximum atomic E-state index is 6.10. The molecule has 1 aromatic rings. The van der Waals surface area contributed by atoms with Gasteiger partial charge in [-0.05, 0) is 31.6 Å². The van der Waals surface area contributed by atoms with E-state index >= 15 is 0 Å². The van der Waals surface area contributed by atoms with Crippen LogP contribution in [0.1, 0.15) is 13.8 Å². The highest BCUT2D eigenvalue weighted by atomic mass is 35.5. The van der Waals surface area contributed by atoms with Crippen LogP contribution >= 0.6 is 23.2 Å². The van der Waals surface area contributed by atoms with Crippen molar-refractivity contribution in [1.82, 2.24) is 4.57 Å². The summed E-state index contributed by atoms with van der Waals surface area (Å²) in [6.07, 6.45) is 8.01. The fourth-order valence-corrected chi connectivity index (χ4v) is 1.98. The smallest absolute Gasteiger partial charge is 0.132 e. The lowest BCUT2D eigenvalue weighted by atomic mass is 10.1. The molecule has 0 aliphatic heterocycles. The standard InChI is InChI=1S/C12H11Cl2N/c1-8(2)9-4-3-5-11(9)15-7-6-10(13)12(15)14/h3-7H,1-2H3. The molecular formula is C12H11Cl2N. The number of nitrogens with zero attached hydrogens (tertiary/aromatic N) is 1. The summed E-state index contributed by atoms with van der Waals surface area (Å²) in [7, 11) is 0. The predicted molar refractivity (Wildman–Crippen MR) is 66.2 cm³/mol. The van der Waals surface area contributed by atoms with E-state index in [9.17, 15) is 0 Å². The van der Waals surface area contributed by atoms with Crippen LogP contribution in [-0.4, -0.2) is 4.57 Å². The van der Waals surface area contributed by atoms with Crippen LogP contribution in [0, 0.1) is 0 Å². The third-order valence-electron chi connectivity index (χ3n) is 2.37. The van der Waals surface area contributed by atoms with Gasteiger partial charge >= 0.3 is 0 Å². The average molecular weight is 240 g/mol. The van der Waals surface area contributed by atoms with Gasteiger partial charge in [-0.1, -0.05) is 40.9 Å². The van der Waals surface area contributed by atoms with Crippen molar-refractivity contribution in [3.8, 4) is 0 Å². The molecular weight excluding hydrogens is 229 g/mol. The van der Waals surface area contributed by atoms with Gasteiger partial charge in [-0.25, -0.2) is 0 Å². The molecule has 0 radical (unpaired) electrons. The molecule has 1 nitrogen and oxygen atoms in total. The van der Waals surface area contributed by atoms with Gasteiger partial charge in [0.15, 0.2) is 0 Å². The minimum absolute atomic E-state index is 0.561. The Kier molecular flexibility index (Phi) is 2.76. The second kappa shape index (κ2) is 3.92. The van der Waals surface area contributed by atoms with Gasteiger partial charge in [-0.3, -0.25) is 0 Å². The van der Waals surface area contributed by atoms with Gasteiger partial charge in [0.1, 0.15) is 5.15 Å². The van der Waals surface area contributed by atoms with Crippen LogP contribution in [0.15, 0.2) is 41.6 Å². The molecule has 0 spiro atoms. The Hall–Kier alpha value is -0.920. The van der Waals surface area contributed by atoms with Crippen molar-refractivity contribution in [2.75, 3.05) is 0 Å². The first-order valence-corrected chi connectivity index (χ1v) is 5.46. The van der Waals surface area contributed by atoms with Crippen LogP contribution in [0.25, 0.3) is 5.70 Å². The first-order valence-electron chi connectivity index (χ1n) is 4.70. The van der Waals surface area contributed by atoms with Gasteiger partial charge in [-0.15, -0.1) is 0 Å². The second-order valence-electron chi connectivity index (χ2n) is 3.65. The largest absolute Gasteiger partial charge is 0.306 e. The van der Waals surface area contributed by atoms with Crippen LogP contribution in [0.2, 0.25) is 10.2 Å². The predicted octanol–water partition coefficient (Wildman–Crippen LogP) is 4.54. The van der Waals surface area contributed by atoms with Gasteiger partial charge in [-0.2, -0.15) is 0 Å². The Morgan fingerprint density at radius 1 is 1.27 bits per heavy atom. The molecule has 3 heteroatoms. The topological polar surface area (TPSA) is 4.93 Å². The second-order valence-corrected chi connectivity index (χ2v) is 4.41.